The van der Waals surface area contributed by atoms with Crippen LogP contribution in [0.15, 0.2) is 95.9 Å². The standard InChI is InChI=1S/C34H34N4O6S/c1-24-15-16-25(2)29(21-24)35-17-19-36(20-18-35)32(39)30-22-37(33(40)38(30)34(41)44-23-26-9-4-3-5-10-26)45(42,43)31-14-8-12-27-11-6-7-13-28(27)31/h3-16,21,30H,17-20,22-23H2,1-2H3. The Morgan fingerprint density at radius 1 is 0.844 bits per heavy atom. The van der Waals surface area contributed by atoms with Crippen LogP contribution in [0.2, 0.25) is 0 Å². The van der Waals surface area contributed by atoms with Crippen molar-refractivity contribution in [3.63, 3.8) is 0 Å². The van der Waals surface area contributed by atoms with Gasteiger partial charge in [0.2, 0.25) is 5.91 Å². The molecule has 1 atom stereocenters. The van der Waals surface area contributed by atoms with E-state index in [1.54, 1.807) is 65.6 Å². The van der Waals surface area contributed by atoms with E-state index in [1.807, 2.05) is 19.9 Å². The molecule has 0 N–H and O–H groups in total. The zero-order valence-electron chi connectivity index (χ0n) is 25.1. The molecule has 2 heterocycles. The summed E-state index contributed by atoms with van der Waals surface area (Å²) in [5.41, 5.74) is 4.04. The summed E-state index contributed by atoms with van der Waals surface area (Å²) in [6, 6.07) is 24.4. The number of ether oxygens (including phenoxy) is 1. The summed E-state index contributed by atoms with van der Waals surface area (Å²) >= 11 is 0. The Morgan fingerprint density at radius 3 is 2.29 bits per heavy atom. The van der Waals surface area contributed by atoms with Gasteiger partial charge in [-0.1, -0.05) is 78.9 Å². The first kappa shape index (κ1) is 30.1. The molecule has 10 nitrogen and oxygen atoms in total. The number of piperazine rings is 1. The number of urea groups is 1. The molecule has 4 aromatic carbocycles. The Morgan fingerprint density at radius 2 is 1.53 bits per heavy atom. The van der Waals surface area contributed by atoms with Crippen molar-refractivity contribution in [1.82, 2.24) is 14.1 Å². The number of anilines is 1. The SMILES string of the molecule is Cc1ccc(C)c(N2CCN(C(=O)C3CN(S(=O)(=O)c4cccc5ccccc45)C(=O)N3C(=O)OCc3ccccc3)CC2)c1. The molecule has 0 spiro atoms. The van der Waals surface area contributed by atoms with Crippen molar-refractivity contribution >= 4 is 44.5 Å². The van der Waals surface area contributed by atoms with Crippen molar-refractivity contribution in [2.24, 2.45) is 0 Å². The minimum atomic E-state index is -4.44. The van der Waals surface area contributed by atoms with Gasteiger partial charge in [-0.3, -0.25) is 4.79 Å². The number of aryl methyl sites for hydroxylation is 2. The lowest BCUT2D eigenvalue weighted by molar-refractivity contribution is -0.135. The van der Waals surface area contributed by atoms with Gasteiger partial charge < -0.3 is 14.5 Å². The molecular weight excluding hydrogens is 592 g/mol. The zero-order valence-corrected chi connectivity index (χ0v) is 25.9. The third-order valence-electron chi connectivity index (χ3n) is 8.37. The van der Waals surface area contributed by atoms with Crippen molar-refractivity contribution < 1.29 is 27.5 Å². The van der Waals surface area contributed by atoms with Crippen LogP contribution >= 0.6 is 0 Å². The van der Waals surface area contributed by atoms with Gasteiger partial charge >= 0.3 is 12.1 Å². The number of carbonyl (C=O) groups excluding carboxylic acids is 3. The predicted octanol–water partition coefficient (Wildman–Crippen LogP) is 4.94. The van der Waals surface area contributed by atoms with Gasteiger partial charge in [0.25, 0.3) is 10.0 Å². The maximum Gasteiger partial charge on any atom is 0.419 e. The largest absolute Gasteiger partial charge is 0.444 e. The monoisotopic (exact) mass is 626 g/mol. The fraction of sp³-hybridized carbons (Fsp3) is 0.265. The molecule has 45 heavy (non-hydrogen) atoms. The third kappa shape index (κ3) is 5.83. The zero-order chi connectivity index (χ0) is 31.7. The first-order valence-corrected chi connectivity index (χ1v) is 16.2. The number of nitrogens with zero attached hydrogens (tertiary/aromatic N) is 4. The maximum atomic E-state index is 14.0. The second-order valence-electron chi connectivity index (χ2n) is 11.3. The highest BCUT2D eigenvalue weighted by Crippen LogP contribution is 2.31. The van der Waals surface area contributed by atoms with Gasteiger partial charge in [-0.2, -0.15) is 0 Å². The van der Waals surface area contributed by atoms with E-state index in [2.05, 4.69) is 23.1 Å². The Bertz CT molecular complexity index is 1870. The molecule has 232 valence electrons. The minimum Gasteiger partial charge on any atom is -0.444 e. The number of amides is 4. The van der Waals surface area contributed by atoms with Crippen LogP contribution in [0.1, 0.15) is 16.7 Å². The number of carbonyl (C=O) groups is 3. The van der Waals surface area contributed by atoms with Gasteiger partial charge in [-0.15, -0.1) is 0 Å². The van der Waals surface area contributed by atoms with E-state index in [9.17, 15) is 22.8 Å². The van der Waals surface area contributed by atoms with Crippen molar-refractivity contribution in [3.8, 4) is 0 Å². The summed E-state index contributed by atoms with van der Waals surface area (Å²) in [6.07, 6.45) is -1.08. The highest BCUT2D eigenvalue weighted by atomic mass is 32.2. The Hall–Kier alpha value is -4.90. The Labute approximate surface area is 262 Å². The Balaban J connectivity index is 1.27. The van der Waals surface area contributed by atoms with E-state index in [0.29, 0.717) is 51.7 Å². The average Bonchev–Trinajstić information content (AvgIpc) is 3.42. The number of sulfonamides is 1. The molecule has 6 rings (SSSR count). The molecule has 0 aliphatic carbocycles. The molecule has 1 unspecified atom stereocenters. The molecule has 0 aromatic heterocycles. The van der Waals surface area contributed by atoms with Gasteiger partial charge in [0.15, 0.2) is 0 Å². The van der Waals surface area contributed by atoms with Crippen LogP contribution in [0, 0.1) is 13.8 Å². The van der Waals surface area contributed by atoms with Crippen molar-refractivity contribution in [3.05, 3.63) is 108 Å². The summed E-state index contributed by atoms with van der Waals surface area (Å²) in [5, 5.41) is 1.11. The van der Waals surface area contributed by atoms with Gasteiger partial charge in [-0.25, -0.2) is 27.2 Å². The quantitative estimate of drug-likeness (QED) is 0.299. The molecule has 2 aliphatic heterocycles. The summed E-state index contributed by atoms with van der Waals surface area (Å²) in [7, 11) is -4.44. The fourth-order valence-corrected chi connectivity index (χ4v) is 7.51. The molecule has 4 amide bonds. The molecule has 2 fully saturated rings. The lowest BCUT2D eigenvalue weighted by atomic mass is 10.1. The molecule has 2 aliphatic rings. The number of benzene rings is 4. The Kier molecular flexibility index (Phi) is 8.20. The van der Waals surface area contributed by atoms with Gasteiger partial charge in [0, 0.05) is 37.3 Å². The molecule has 0 radical (unpaired) electrons. The second kappa shape index (κ2) is 12.2. The third-order valence-corrected chi connectivity index (χ3v) is 10.2. The highest BCUT2D eigenvalue weighted by molar-refractivity contribution is 7.90. The normalized spacial score (nSPS) is 17.2. The predicted molar refractivity (Wildman–Crippen MR) is 170 cm³/mol. The number of hydrogen-bond acceptors (Lipinski definition) is 7. The minimum absolute atomic E-state index is 0.0817. The van der Waals surface area contributed by atoms with Crippen molar-refractivity contribution in [2.45, 2.75) is 31.4 Å². The topological polar surface area (TPSA) is 108 Å². The first-order valence-electron chi connectivity index (χ1n) is 14.8. The summed E-state index contributed by atoms with van der Waals surface area (Å²) in [6.45, 7) is 5.21. The molecule has 2 saturated heterocycles. The molecule has 11 heteroatoms. The highest BCUT2D eigenvalue weighted by Gasteiger charge is 2.52. The maximum absolute atomic E-state index is 14.0. The van der Waals surface area contributed by atoms with Gasteiger partial charge in [-0.05, 0) is 48.1 Å². The summed E-state index contributed by atoms with van der Waals surface area (Å²) in [5.74, 6) is -0.503. The molecule has 4 aromatic rings. The average molecular weight is 627 g/mol. The molecule has 0 saturated carbocycles. The summed E-state index contributed by atoms with van der Waals surface area (Å²) < 4.78 is 34.1. The number of fused-ring (bicyclic) bond motifs is 1. The van der Waals surface area contributed by atoms with Crippen LogP contribution in [0.25, 0.3) is 10.8 Å². The first-order chi connectivity index (χ1) is 21.6. The van der Waals surface area contributed by atoms with Crippen LogP contribution in [0.4, 0.5) is 15.3 Å². The number of hydrogen-bond donors (Lipinski definition) is 0. The van der Waals surface area contributed by atoms with Crippen LogP contribution in [-0.2, 0) is 26.2 Å². The van der Waals surface area contributed by atoms with E-state index < -0.39 is 40.6 Å². The van der Waals surface area contributed by atoms with Crippen molar-refractivity contribution in [1.29, 1.82) is 0 Å². The van der Waals surface area contributed by atoms with Crippen LogP contribution < -0.4 is 4.90 Å². The van der Waals surface area contributed by atoms with E-state index in [-0.39, 0.29) is 11.5 Å². The number of rotatable bonds is 6. The number of imide groups is 1. The van der Waals surface area contributed by atoms with E-state index in [1.165, 1.54) is 6.07 Å². The van der Waals surface area contributed by atoms with Crippen LogP contribution in [0.5, 0.6) is 0 Å². The van der Waals surface area contributed by atoms with Crippen molar-refractivity contribution in [2.75, 3.05) is 37.6 Å². The van der Waals surface area contributed by atoms with E-state index in [4.69, 9.17) is 4.74 Å². The smallest absolute Gasteiger partial charge is 0.419 e. The van der Waals surface area contributed by atoms with Crippen LogP contribution in [0.3, 0.4) is 0 Å². The molecule has 0 bridgehead atoms. The second-order valence-corrected chi connectivity index (χ2v) is 13.2. The lowest BCUT2D eigenvalue weighted by Gasteiger charge is -2.38. The summed E-state index contributed by atoms with van der Waals surface area (Å²) in [4.78, 5) is 45.6. The van der Waals surface area contributed by atoms with Gasteiger partial charge in [0.05, 0.1) is 11.4 Å². The molecular formula is C34H34N4O6S. The van der Waals surface area contributed by atoms with Crippen LogP contribution in [-0.4, -0.2) is 79.3 Å². The lowest BCUT2D eigenvalue weighted by Crippen LogP contribution is -2.55. The van der Waals surface area contributed by atoms with Gasteiger partial charge in [0.1, 0.15) is 12.6 Å². The van der Waals surface area contributed by atoms with E-state index >= 15 is 0 Å². The van der Waals surface area contributed by atoms with E-state index in [0.717, 1.165) is 16.8 Å². The fourth-order valence-electron chi connectivity index (χ4n) is 5.93.